The Kier molecular flexibility index (Phi) is 5.98. The fourth-order valence-corrected chi connectivity index (χ4v) is 2.49. The highest BCUT2D eigenvalue weighted by Gasteiger charge is 2.29. The molecule has 0 heterocycles. The monoisotopic (exact) mass is 387 g/mol. The third-order valence-corrected chi connectivity index (χ3v) is 4.24. The van der Waals surface area contributed by atoms with E-state index in [-0.39, 0.29) is 30.5 Å². The fourth-order valence-electron chi connectivity index (χ4n) is 2.49. The molecule has 6 nitrogen and oxygen atoms in total. The predicted molar refractivity (Wildman–Crippen MR) is 98.3 cm³/mol. The van der Waals surface area contributed by atoms with Crippen molar-refractivity contribution in [3.8, 4) is 0 Å². The molecule has 1 saturated carbocycles. The Morgan fingerprint density at radius 3 is 2.32 bits per heavy atom. The van der Waals surface area contributed by atoms with Crippen molar-refractivity contribution in [3.05, 3.63) is 65.2 Å². The Morgan fingerprint density at radius 1 is 0.964 bits per heavy atom. The van der Waals surface area contributed by atoms with Crippen molar-refractivity contribution in [2.75, 3.05) is 11.9 Å². The molecule has 0 aliphatic heterocycles. The second-order valence-electron chi connectivity index (χ2n) is 6.54. The van der Waals surface area contributed by atoms with Crippen molar-refractivity contribution < 1.29 is 23.2 Å². The van der Waals surface area contributed by atoms with Crippen LogP contribution in [0, 0.1) is 17.6 Å². The van der Waals surface area contributed by atoms with Crippen LogP contribution in [0.1, 0.15) is 28.8 Å². The zero-order valence-corrected chi connectivity index (χ0v) is 14.9. The molecule has 3 N–H and O–H groups in total. The number of halogens is 2. The second-order valence-corrected chi connectivity index (χ2v) is 6.54. The number of rotatable bonds is 7. The number of benzene rings is 2. The van der Waals surface area contributed by atoms with Crippen LogP contribution in [0.2, 0.25) is 0 Å². The molecule has 0 radical (unpaired) electrons. The zero-order valence-electron chi connectivity index (χ0n) is 14.9. The lowest BCUT2D eigenvalue weighted by atomic mass is 10.2. The minimum Gasteiger partial charge on any atom is -0.350 e. The van der Waals surface area contributed by atoms with Gasteiger partial charge in [-0.05, 0) is 42.7 Å². The molecule has 0 aromatic heterocycles. The summed E-state index contributed by atoms with van der Waals surface area (Å²) < 4.78 is 26.4. The molecule has 28 heavy (non-hydrogen) atoms. The first-order valence-corrected chi connectivity index (χ1v) is 8.82. The molecule has 146 valence electrons. The molecule has 0 bridgehead atoms. The summed E-state index contributed by atoms with van der Waals surface area (Å²) in [6.45, 7) is -0.109. The summed E-state index contributed by atoms with van der Waals surface area (Å²) in [4.78, 5) is 35.4. The average Bonchev–Trinajstić information content (AvgIpc) is 3.51. The van der Waals surface area contributed by atoms with E-state index in [2.05, 4.69) is 16.0 Å². The summed E-state index contributed by atoms with van der Waals surface area (Å²) >= 11 is 0. The summed E-state index contributed by atoms with van der Waals surface area (Å²) in [7, 11) is 0. The number of nitrogens with one attached hydrogen (secondary N) is 3. The van der Waals surface area contributed by atoms with E-state index in [1.54, 1.807) is 24.3 Å². The molecule has 2 aromatic carbocycles. The van der Waals surface area contributed by atoms with E-state index < -0.39 is 23.4 Å². The smallest absolute Gasteiger partial charge is 0.254 e. The minimum atomic E-state index is -0.994. The van der Waals surface area contributed by atoms with Crippen molar-refractivity contribution in [1.29, 1.82) is 0 Å². The van der Waals surface area contributed by atoms with Crippen LogP contribution in [-0.2, 0) is 16.1 Å². The lowest BCUT2D eigenvalue weighted by molar-refractivity contribution is -0.120. The molecule has 3 amide bonds. The first kappa shape index (κ1) is 19.5. The largest absolute Gasteiger partial charge is 0.350 e. The number of hydrogen-bond acceptors (Lipinski definition) is 3. The summed E-state index contributed by atoms with van der Waals surface area (Å²) in [5, 5.41) is 7.73. The van der Waals surface area contributed by atoms with Crippen molar-refractivity contribution in [1.82, 2.24) is 10.6 Å². The Bertz CT molecular complexity index is 896. The van der Waals surface area contributed by atoms with Crippen LogP contribution in [0.5, 0.6) is 0 Å². The van der Waals surface area contributed by atoms with E-state index in [0.717, 1.165) is 30.5 Å². The van der Waals surface area contributed by atoms with Gasteiger partial charge < -0.3 is 16.0 Å². The van der Waals surface area contributed by atoms with Gasteiger partial charge in [-0.25, -0.2) is 8.78 Å². The van der Waals surface area contributed by atoms with Gasteiger partial charge in [0, 0.05) is 24.2 Å². The van der Waals surface area contributed by atoms with E-state index in [4.69, 9.17) is 0 Å². The van der Waals surface area contributed by atoms with E-state index in [1.165, 1.54) is 0 Å². The molecule has 0 saturated heterocycles. The van der Waals surface area contributed by atoms with Gasteiger partial charge in [0.05, 0.1) is 12.1 Å². The molecule has 0 atom stereocenters. The van der Waals surface area contributed by atoms with Crippen molar-refractivity contribution in [2.45, 2.75) is 19.4 Å². The normalized spacial score (nSPS) is 12.9. The lowest BCUT2D eigenvalue weighted by Crippen LogP contribution is -2.36. The van der Waals surface area contributed by atoms with Gasteiger partial charge in [-0.3, -0.25) is 14.4 Å². The predicted octanol–water partition coefficient (Wildman–Crippen LogP) is 2.36. The summed E-state index contributed by atoms with van der Waals surface area (Å²) in [5.74, 6) is -2.89. The maximum Gasteiger partial charge on any atom is 0.254 e. The Hall–Kier alpha value is -3.29. The van der Waals surface area contributed by atoms with Crippen molar-refractivity contribution in [2.24, 2.45) is 5.92 Å². The number of carbonyl (C=O) groups excluding carboxylic acids is 3. The lowest BCUT2D eigenvalue weighted by Gasteiger charge is -2.09. The third-order valence-electron chi connectivity index (χ3n) is 4.24. The maximum atomic E-state index is 13.5. The second kappa shape index (κ2) is 8.60. The van der Waals surface area contributed by atoms with Crippen LogP contribution in [0.15, 0.2) is 42.5 Å². The van der Waals surface area contributed by atoms with Gasteiger partial charge in [0.2, 0.25) is 11.8 Å². The minimum absolute atomic E-state index is 0.0226. The van der Waals surface area contributed by atoms with E-state index in [1.807, 2.05) is 0 Å². The number of amides is 3. The standard InChI is InChI=1S/C20H19F2N3O3/c21-14-5-8-16(17(22)9-14)20(28)24-11-18(26)23-10-12-1-6-15(7-2-12)25-19(27)13-3-4-13/h1-2,5-9,13H,3-4,10-11H2,(H,23,26)(H,24,28)(H,25,27). The summed E-state index contributed by atoms with van der Waals surface area (Å²) in [5.41, 5.74) is 1.17. The fraction of sp³-hybridized carbons (Fsp3) is 0.250. The van der Waals surface area contributed by atoms with Gasteiger partial charge in [0.1, 0.15) is 11.6 Å². The molecule has 1 aliphatic rings. The molecular formula is C20H19F2N3O3. The van der Waals surface area contributed by atoms with E-state index in [9.17, 15) is 23.2 Å². The topological polar surface area (TPSA) is 87.3 Å². The van der Waals surface area contributed by atoms with Gasteiger partial charge >= 0.3 is 0 Å². The highest BCUT2D eigenvalue weighted by atomic mass is 19.1. The number of anilines is 1. The van der Waals surface area contributed by atoms with Crippen molar-refractivity contribution in [3.63, 3.8) is 0 Å². The Balaban J connectivity index is 1.42. The first-order valence-electron chi connectivity index (χ1n) is 8.82. The molecule has 1 fully saturated rings. The first-order chi connectivity index (χ1) is 13.4. The van der Waals surface area contributed by atoms with Crippen LogP contribution in [-0.4, -0.2) is 24.3 Å². The highest BCUT2D eigenvalue weighted by molar-refractivity contribution is 5.96. The van der Waals surface area contributed by atoms with Crippen LogP contribution in [0.3, 0.4) is 0 Å². The van der Waals surface area contributed by atoms with Crippen LogP contribution < -0.4 is 16.0 Å². The average molecular weight is 387 g/mol. The SMILES string of the molecule is O=C(CNC(=O)c1ccc(F)cc1F)NCc1ccc(NC(=O)C2CC2)cc1. The van der Waals surface area contributed by atoms with E-state index in [0.29, 0.717) is 11.8 Å². The molecule has 0 unspecified atom stereocenters. The summed E-state index contributed by atoms with van der Waals surface area (Å²) in [6, 6.07) is 9.63. The number of carbonyl (C=O) groups is 3. The molecule has 2 aromatic rings. The van der Waals surface area contributed by atoms with Gasteiger partial charge in [-0.15, -0.1) is 0 Å². The van der Waals surface area contributed by atoms with Gasteiger partial charge in [0.15, 0.2) is 0 Å². The zero-order chi connectivity index (χ0) is 20.1. The molecule has 3 rings (SSSR count). The molecular weight excluding hydrogens is 368 g/mol. The Morgan fingerprint density at radius 2 is 1.68 bits per heavy atom. The van der Waals surface area contributed by atoms with Gasteiger partial charge in [-0.1, -0.05) is 12.1 Å². The molecule has 0 spiro atoms. The maximum absolute atomic E-state index is 13.5. The highest BCUT2D eigenvalue weighted by Crippen LogP contribution is 2.30. The van der Waals surface area contributed by atoms with Crippen molar-refractivity contribution >= 4 is 23.4 Å². The van der Waals surface area contributed by atoms with Gasteiger partial charge in [0.25, 0.3) is 5.91 Å². The van der Waals surface area contributed by atoms with Crippen LogP contribution in [0.4, 0.5) is 14.5 Å². The number of hydrogen-bond donors (Lipinski definition) is 3. The molecule has 1 aliphatic carbocycles. The Labute approximate surface area is 160 Å². The third kappa shape index (κ3) is 5.35. The summed E-state index contributed by atoms with van der Waals surface area (Å²) in [6.07, 6.45) is 1.86. The quantitative estimate of drug-likeness (QED) is 0.682. The van der Waals surface area contributed by atoms with Gasteiger partial charge in [-0.2, -0.15) is 0 Å². The van der Waals surface area contributed by atoms with Crippen LogP contribution >= 0.6 is 0 Å². The molecule has 8 heteroatoms. The van der Waals surface area contributed by atoms with Crippen LogP contribution in [0.25, 0.3) is 0 Å². The van der Waals surface area contributed by atoms with E-state index >= 15 is 0 Å².